The van der Waals surface area contributed by atoms with Crippen LogP contribution in [-0.2, 0) is 0 Å². The Kier molecular flexibility index (Phi) is 3.32. The van der Waals surface area contributed by atoms with Crippen molar-refractivity contribution in [3.63, 3.8) is 0 Å². The van der Waals surface area contributed by atoms with Crippen molar-refractivity contribution in [3.05, 3.63) is 23.8 Å². The van der Waals surface area contributed by atoms with Gasteiger partial charge in [0.05, 0.1) is 5.75 Å². The van der Waals surface area contributed by atoms with Gasteiger partial charge in [-0.05, 0) is 30.0 Å². The van der Waals surface area contributed by atoms with Crippen molar-refractivity contribution in [1.29, 1.82) is 5.26 Å². The summed E-state index contributed by atoms with van der Waals surface area (Å²) < 4.78 is 10.7. The minimum Gasteiger partial charge on any atom is -0.486 e. The van der Waals surface area contributed by atoms with Gasteiger partial charge in [-0.3, -0.25) is 4.79 Å². The van der Waals surface area contributed by atoms with Crippen molar-refractivity contribution < 1.29 is 14.3 Å². The predicted molar refractivity (Wildman–Crippen MR) is 59.8 cm³/mol. The standard InChI is InChI=1S/C11H9NO3S/c12-7-16-6-9(13)8-1-2-10-11(5-8)15-4-3-14-10/h1-2,5H,3-4,6H2. The number of carbonyl (C=O) groups excluding carboxylic acids is 1. The van der Waals surface area contributed by atoms with Crippen molar-refractivity contribution in [3.8, 4) is 16.9 Å². The monoisotopic (exact) mass is 235 g/mol. The smallest absolute Gasteiger partial charge is 0.173 e. The number of thiocyanates is 1. The number of ketones is 1. The molecule has 82 valence electrons. The third kappa shape index (κ3) is 2.28. The Bertz CT molecular complexity index is 453. The first-order chi connectivity index (χ1) is 7.81. The van der Waals surface area contributed by atoms with E-state index < -0.39 is 0 Å². The number of benzene rings is 1. The van der Waals surface area contributed by atoms with E-state index in [9.17, 15) is 4.79 Å². The van der Waals surface area contributed by atoms with Crippen LogP contribution in [0, 0.1) is 10.7 Å². The van der Waals surface area contributed by atoms with Crippen molar-refractivity contribution >= 4 is 17.5 Å². The molecular weight excluding hydrogens is 226 g/mol. The second-order valence-electron chi connectivity index (χ2n) is 3.16. The third-order valence-electron chi connectivity index (χ3n) is 2.13. The van der Waals surface area contributed by atoms with Gasteiger partial charge in [0.2, 0.25) is 0 Å². The molecule has 0 aromatic heterocycles. The molecule has 2 rings (SSSR count). The first-order valence-corrected chi connectivity index (χ1v) is 5.73. The lowest BCUT2D eigenvalue weighted by molar-refractivity contribution is 0.102. The minimum absolute atomic E-state index is 0.0801. The van der Waals surface area contributed by atoms with Gasteiger partial charge < -0.3 is 9.47 Å². The first-order valence-electron chi connectivity index (χ1n) is 4.75. The van der Waals surface area contributed by atoms with Crippen LogP contribution < -0.4 is 9.47 Å². The van der Waals surface area contributed by atoms with Crippen LogP contribution in [0.3, 0.4) is 0 Å². The lowest BCUT2D eigenvalue weighted by Gasteiger charge is -2.18. The van der Waals surface area contributed by atoms with Gasteiger partial charge >= 0.3 is 0 Å². The molecule has 0 unspecified atom stereocenters. The van der Waals surface area contributed by atoms with Gasteiger partial charge in [-0.2, -0.15) is 5.26 Å². The largest absolute Gasteiger partial charge is 0.486 e. The lowest BCUT2D eigenvalue weighted by atomic mass is 10.1. The van der Waals surface area contributed by atoms with E-state index in [1.165, 1.54) is 0 Å². The summed E-state index contributed by atoms with van der Waals surface area (Å²) in [6.45, 7) is 1.03. The lowest BCUT2D eigenvalue weighted by Crippen LogP contribution is -2.16. The number of Topliss-reactive ketones (excluding diaryl/α,β-unsaturated/α-hetero) is 1. The van der Waals surface area contributed by atoms with Crippen LogP contribution in [0.15, 0.2) is 18.2 Å². The van der Waals surface area contributed by atoms with E-state index in [4.69, 9.17) is 14.7 Å². The maximum Gasteiger partial charge on any atom is 0.173 e. The van der Waals surface area contributed by atoms with Crippen LogP contribution in [0.25, 0.3) is 0 Å². The summed E-state index contributed by atoms with van der Waals surface area (Å²) in [7, 11) is 0. The molecule has 0 aliphatic carbocycles. The molecule has 0 spiro atoms. The fourth-order valence-electron chi connectivity index (χ4n) is 1.40. The molecular formula is C11H9NO3S. The van der Waals surface area contributed by atoms with Crippen molar-refractivity contribution in [1.82, 2.24) is 0 Å². The zero-order valence-electron chi connectivity index (χ0n) is 8.43. The van der Waals surface area contributed by atoms with Crippen molar-refractivity contribution in [2.75, 3.05) is 19.0 Å². The van der Waals surface area contributed by atoms with Gasteiger partial charge in [0, 0.05) is 5.56 Å². The molecule has 1 aliphatic heterocycles. The summed E-state index contributed by atoms with van der Waals surface area (Å²) in [6.07, 6.45) is 0. The van der Waals surface area contributed by atoms with Gasteiger partial charge in [0.15, 0.2) is 17.3 Å². The van der Waals surface area contributed by atoms with Crippen LogP contribution in [-0.4, -0.2) is 24.7 Å². The summed E-state index contributed by atoms with van der Waals surface area (Å²) in [5.41, 5.74) is 0.548. The molecule has 1 aliphatic rings. The Morgan fingerprint density at radius 3 is 2.88 bits per heavy atom. The summed E-state index contributed by atoms with van der Waals surface area (Å²) >= 11 is 0.932. The molecule has 5 heteroatoms. The molecule has 4 nitrogen and oxygen atoms in total. The number of fused-ring (bicyclic) bond motifs is 1. The Morgan fingerprint density at radius 1 is 1.38 bits per heavy atom. The molecule has 0 fully saturated rings. The molecule has 0 N–H and O–H groups in total. The van der Waals surface area contributed by atoms with E-state index in [0.29, 0.717) is 30.3 Å². The van der Waals surface area contributed by atoms with Crippen molar-refractivity contribution in [2.24, 2.45) is 0 Å². The molecule has 1 aromatic rings. The maximum atomic E-state index is 11.6. The van der Waals surface area contributed by atoms with Gasteiger partial charge in [-0.15, -0.1) is 0 Å². The fraction of sp³-hybridized carbons (Fsp3) is 0.273. The van der Waals surface area contributed by atoms with E-state index in [0.717, 1.165) is 11.8 Å². The van der Waals surface area contributed by atoms with Crippen molar-refractivity contribution in [2.45, 2.75) is 0 Å². The normalized spacial score (nSPS) is 12.9. The quantitative estimate of drug-likeness (QED) is 0.591. The maximum absolute atomic E-state index is 11.6. The molecule has 0 radical (unpaired) electrons. The fourth-order valence-corrected chi connectivity index (χ4v) is 1.76. The number of hydrogen-bond donors (Lipinski definition) is 0. The zero-order chi connectivity index (χ0) is 11.4. The van der Waals surface area contributed by atoms with E-state index in [-0.39, 0.29) is 11.5 Å². The number of thioether (sulfide) groups is 1. The molecule has 0 bridgehead atoms. The highest BCUT2D eigenvalue weighted by Crippen LogP contribution is 2.30. The topological polar surface area (TPSA) is 59.3 Å². The average Bonchev–Trinajstić information content (AvgIpc) is 2.35. The summed E-state index contributed by atoms with van der Waals surface area (Å²) in [4.78, 5) is 11.6. The van der Waals surface area contributed by atoms with Crippen LogP contribution >= 0.6 is 11.8 Å². The number of nitriles is 1. The predicted octanol–water partition coefficient (Wildman–Crippen LogP) is 1.85. The number of ether oxygens (including phenoxy) is 2. The van der Waals surface area contributed by atoms with Gasteiger partial charge in [-0.25, -0.2) is 0 Å². The molecule has 16 heavy (non-hydrogen) atoms. The summed E-state index contributed by atoms with van der Waals surface area (Å²) in [5, 5.41) is 10.2. The first kappa shape index (κ1) is 10.8. The number of carbonyl (C=O) groups is 1. The highest BCUT2D eigenvalue weighted by atomic mass is 32.2. The molecule has 0 atom stereocenters. The van der Waals surface area contributed by atoms with E-state index in [2.05, 4.69) is 0 Å². The minimum atomic E-state index is -0.0801. The van der Waals surface area contributed by atoms with Crippen LogP contribution in [0.5, 0.6) is 11.5 Å². The van der Waals surface area contributed by atoms with Crippen LogP contribution in [0.1, 0.15) is 10.4 Å². The highest BCUT2D eigenvalue weighted by molar-refractivity contribution is 8.04. The van der Waals surface area contributed by atoms with Crippen LogP contribution in [0.4, 0.5) is 0 Å². The summed E-state index contributed by atoms with van der Waals surface area (Å²) in [6, 6.07) is 5.07. The highest BCUT2D eigenvalue weighted by Gasteiger charge is 2.14. The Morgan fingerprint density at radius 2 is 2.12 bits per heavy atom. The second kappa shape index (κ2) is 4.90. The molecule has 1 heterocycles. The second-order valence-corrected chi connectivity index (χ2v) is 3.92. The van der Waals surface area contributed by atoms with Gasteiger partial charge in [0.25, 0.3) is 0 Å². The summed E-state index contributed by atoms with van der Waals surface area (Å²) in [5.74, 6) is 1.34. The molecule has 0 amide bonds. The van der Waals surface area contributed by atoms with Gasteiger partial charge in [-0.1, -0.05) is 0 Å². The van der Waals surface area contributed by atoms with E-state index in [1.807, 2.05) is 5.40 Å². The molecule has 0 saturated carbocycles. The molecule has 1 aromatic carbocycles. The SMILES string of the molecule is N#CSCC(=O)c1ccc2c(c1)OCCO2. The number of rotatable bonds is 3. The molecule has 0 saturated heterocycles. The van der Waals surface area contributed by atoms with E-state index >= 15 is 0 Å². The Hall–Kier alpha value is -1.67. The number of hydrogen-bond acceptors (Lipinski definition) is 5. The van der Waals surface area contributed by atoms with Gasteiger partial charge in [0.1, 0.15) is 18.6 Å². The number of nitrogens with zero attached hydrogens (tertiary/aromatic N) is 1. The van der Waals surface area contributed by atoms with E-state index in [1.54, 1.807) is 18.2 Å². The average molecular weight is 235 g/mol. The zero-order valence-corrected chi connectivity index (χ0v) is 9.25. The Balaban J connectivity index is 2.17. The Labute approximate surface area is 97.2 Å². The third-order valence-corrected chi connectivity index (χ3v) is 2.67. The van der Waals surface area contributed by atoms with Crippen LogP contribution in [0.2, 0.25) is 0 Å².